The van der Waals surface area contributed by atoms with Gasteiger partial charge < -0.3 is 20.7 Å². The van der Waals surface area contributed by atoms with Gasteiger partial charge in [0.2, 0.25) is 5.91 Å². The molecular formula is C28H46ClN5O3. The van der Waals surface area contributed by atoms with Crippen molar-refractivity contribution >= 4 is 23.5 Å². The van der Waals surface area contributed by atoms with E-state index in [1.165, 1.54) is 5.01 Å². The zero-order chi connectivity index (χ0) is 28.0. The third kappa shape index (κ3) is 8.62. The molecule has 1 aliphatic heterocycles. The third-order valence-electron chi connectivity index (χ3n) is 7.18. The Morgan fingerprint density at radius 1 is 1.30 bits per heavy atom. The number of hydrogen-bond acceptors (Lipinski definition) is 6. The number of carboxylic acids is 1. The molecule has 2 rings (SSSR count). The summed E-state index contributed by atoms with van der Waals surface area (Å²) in [4.78, 5) is 29.3. The first kappa shape index (κ1) is 30.9. The van der Waals surface area contributed by atoms with Crippen molar-refractivity contribution in [1.29, 1.82) is 0 Å². The molecule has 1 atom stereocenters. The molecule has 1 amide bonds. The summed E-state index contributed by atoms with van der Waals surface area (Å²) in [5.41, 5.74) is 7.49. The number of allylic oxidation sites excluding steroid dienone is 1. The molecular weight excluding hydrogens is 490 g/mol. The lowest BCUT2D eigenvalue weighted by molar-refractivity contribution is -0.148. The smallest absolute Gasteiger partial charge is 0.309 e. The van der Waals surface area contributed by atoms with Crippen LogP contribution in [0, 0.1) is 10.8 Å². The average Bonchev–Trinajstić information content (AvgIpc) is 2.90. The van der Waals surface area contributed by atoms with Crippen LogP contribution < -0.4 is 11.6 Å². The van der Waals surface area contributed by atoms with E-state index >= 15 is 0 Å². The van der Waals surface area contributed by atoms with Crippen molar-refractivity contribution in [3.63, 3.8) is 0 Å². The number of carbonyl (C=O) groups is 2. The molecule has 0 saturated carbocycles. The lowest BCUT2D eigenvalue weighted by atomic mass is 9.72. The molecule has 0 aromatic heterocycles. The minimum atomic E-state index is -1.03. The third-order valence-corrected chi connectivity index (χ3v) is 7.55. The summed E-state index contributed by atoms with van der Waals surface area (Å²) in [5, 5.41) is 12.2. The van der Waals surface area contributed by atoms with Crippen molar-refractivity contribution < 1.29 is 14.7 Å². The number of nitrogens with two attached hydrogens (primary N) is 2. The van der Waals surface area contributed by atoms with Crippen molar-refractivity contribution in [3.05, 3.63) is 46.2 Å². The Bertz CT molecular complexity index is 979. The van der Waals surface area contributed by atoms with Gasteiger partial charge in [0, 0.05) is 49.6 Å². The second-order valence-electron chi connectivity index (χ2n) is 11.6. The number of carboxylic acid groups (broad SMARTS) is 1. The van der Waals surface area contributed by atoms with Gasteiger partial charge in [-0.25, -0.2) is 5.84 Å². The summed E-state index contributed by atoms with van der Waals surface area (Å²) in [5.74, 6) is 4.81. The molecule has 1 fully saturated rings. The summed E-state index contributed by atoms with van der Waals surface area (Å²) < 4.78 is 0. The first-order valence-electron chi connectivity index (χ1n) is 13.2. The predicted octanol–water partition coefficient (Wildman–Crippen LogP) is 4.39. The van der Waals surface area contributed by atoms with E-state index in [-0.39, 0.29) is 17.2 Å². The lowest BCUT2D eigenvalue weighted by Gasteiger charge is -2.32. The molecule has 0 bridgehead atoms. The molecule has 1 unspecified atom stereocenters. The van der Waals surface area contributed by atoms with Gasteiger partial charge in [0.1, 0.15) is 0 Å². The maximum absolute atomic E-state index is 13.0. The van der Waals surface area contributed by atoms with Crippen LogP contribution in [0.5, 0.6) is 0 Å². The van der Waals surface area contributed by atoms with Gasteiger partial charge in [-0.05, 0) is 68.6 Å². The summed E-state index contributed by atoms with van der Waals surface area (Å²) >= 11 is 6.64. The fourth-order valence-corrected chi connectivity index (χ4v) is 5.32. The molecule has 208 valence electrons. The number of aliphatic carboxylic acids is 1. The normalized spacial score (nSPS) is 18.0. The fourth-order valence-electron chi connectivity index (χ4n) is 5.14. The molecule has 0 spiro atoms. The van der Waals surface area contributed by atoms with E-state index < -0.39 is 11.4 Å². The first-order chi connectivity index (χ1) is 17.2. The highest BCUT2D eigenvalue weighted by molar-refractivity contribution is 6.31. The summed E-state index contributed by atoms with van der Waals surface area (Å²) in [7, 11) is 0. The van der Waals surface area contributed by atoms with E-state index in [9.17, 15) is 14.7 Å². The van der Waals surface area contributed by atoms with Gasteiger partial charge in [0.25, 0.3) is 0 Å². The van der Waals surface area contributed by atoms with Crippen molar-refractivity contribution in [2.24, 2.45) is 22.4 Å². The quantitative estimate of drug-likeness (QED) is 0.268. The average molecular weight is 536 g/mol. The molecule has 37 heavy (non-hydrogen) atoms. The summed E-state index contributed by atoms with van der Waals surface area (Å²) in [6.45, 7) is 15.6. The van der Waals surface area contributed by atoms with Gasteiger partial charge in [-0.15, -0.1) is 0 Å². The van der Waals surface area contributed by atoms with Crippen molar-refractivity contribution in [1.82, 2.24) is 14.8 Å². The van der Waals surface area contributed by atoms with Gasteiger partial charge in [0.05, 0.1) is 12.0 Å². The van der Waals surface area contributed by atoms with Crippen LogP contribution in [0.1, 0.15) is 77.8 Å². The first-order valence-corrected chi connectivity index (χ1v) is 13.6. The Morgan fingerprint density at radius 3 is 2.57 bits per heavy atom. The number of amides is 1. The number of halogens is 1. The second kappa shape index (κ2) is 13.0. The standard InChI is InChI=1S/C28H46ClN5O3/c1-7-13-33-19-27(3,4)18-32(17-25(33)35)15-21-14-20(9-12-24(21)29)23(28(5,6)26(36)37)11-10-22(30)16-34(31)8-2/h9,12,14,16,23H,7-8,10-11,13,15,17-19,30-31H2,1-6H3,(H,36,37)/b22-16-. The lowest BCUT2D eigenvalue weighted by Crippen LogP contribution is -2.38. The van der Waals surface area contributed by atoms with Crippen molar-refractivity contribution in [2.45, 2.75) is 73.3 Å². The van der Waals surface area contributed by atoms with E-state index in [2.05, 4.69) is 25.7 Å². The van der Waals surface area contributed by atoms with Crippen molar-refractivity contribution in [2.75, 3.05) is 32.7 Å². The molecule has 1 saturated heterocycles. The van der Waals surface area contributed by atoms with Gasteiger partial charge in [-0.1, -0.05) is 44.5 Å². The molecule has 0 aliphatic carbocycles. The molecule has 8 nitrogen and oxygen atoms in total. The topological polar surface area (TPSA) is 116 Å². The summed E-state index contributed by atoms with van der Waals surface area (Å²) in [6.07, 6.45) is 3.67. The number of benzene rings is 1. The SMILES string of the molecule is CCCN1CC(C)(C)CN(Cc2cc(C(CC/C(N)=C/N(N)CC)C(C)(C)C(=O)O)ccc2Cl)CC1=O. The molecule has 1 aliphatic rings. The predicted molar refractivity (Wildman–Crippen MR) is 150 cm³/mol. The molecule has 1 aromatic carbocycles. The van der Waals surface area contributed by atoms with E-state index in [0.717, 1.165) is 37.2 Å². The Balaban J connectivity index is 2.35. The van der Waals surface area contributed by atoms with Crippen LogP contribution in [0.15, 0.2) is 30.1 Å². The Morgan fingerprint density at radius 2 is 1.97 bits per heavy atom. The van der Waals surface area contributed by atoms with Crippen molar-refractivity contribution in [3.8, 4) is 0 Å². The van der Waals surface area contributed by atoms with Gasteiger partial charge >= 0.3 is 5.97 Å². The van der Waals surface area contributed by atoms with E-state index in [0.29, 0.717) is 43.2 Å². The Hall–Kier alpha value is -2.29. The fraction of sp³-hybridized carbons (Fsp3) is 0.643. The molecule has 1 heterocycles. The molecule has 9 heteroatoms. The van der Waals surface area contributed by atoms with Crippen LogP contribution in [-0.2, 0) is 16.1 Å². The monoisotopic (exact) mass is 535 g/mol. The van der Waals surface area contributed by atoms with E-state index in [4.69, 9.17) is 23.2 Å². The highest BCUT2D eigenvalue weighted by Crippen LogP contribution is 2.41. The van der Waals surface area contributed by atoms with Gasteiger partial charge in [-0.2, -0.15) is 0 Å². The van der Waals surface area contributed by atoms with Gasteiger partial charge in [0.15, 0.2) is 0 Å². The largest absolute Gasteiger partial charge is 0.481 e. The minimum Gasteiger partial charge on any atom is -0.481 e. The Labute approximate surface area is 227 Å². The van der Waals surface area contributed by atoms with Crippen LogP contribution in [0.3, 0.4) is 0 Å². The zero-order valence-electron chi connectivity index (χ0n) is 23.4. The van der Waals surface area contributed by atoms with Crippen LogP contribution in [0.4, 0.5) is 0 Å². The highest BCUT2D eigenvalue weighted by atomic mass is 35.5. The van der Waals surface area contributed by atoms with Crippen LogP contribution in [-0.4, -0.2) is 64.5 Å². The Kier molecular flexibility index (Phi) is 10.9. The number of carbonyl (C=O) groups excluding carboxylic acids is 1. The molecule has 1 aromatic rings. The highest BCUT2D eigenvalue weighted by Gasteiger charge is 2.38. The summed E-state index contributed by atoms with van der Waals surface area (Å²) in [6, 6.07) is 5.75. The van der Waals surface area contributed by atoms with Crippen LogP contribution >= 0.6 is 11.6 Å². The maximum atomic E-state index is 13.0. The number of hydrazine groups is 1. The maximum Gasteiger partial charge on any atom is 0.309 e. The second-order valence-corrected chi connectivity index (χ2v) is 12.0. The molecule has 5 N–H and O–H groups in total. The zero-order valence-corrected chi connectivity index (χ0v) is 24.1. The van der Waals surface area contributed by atoms with E-state index in [1.54, 1.807) is 20.0 Å². The minimum absolute atomic E-state index is 0.0571. The van der Waals surface area contributed by atoms with Gasteiger partial charge in [-0.3, -0.25) is 14.5 Å². The number of hydrogen-bond donors (Lipinski definition) is 3. The van der Waals surface area contributed by atoms with E-state index in [1.807, 2.05) is 30.0 Å². The molecule has 0 radical (unpaired) electrons. The number of rotatable bonds is 12. The van der Waals surface area contributed by atoms with Crippen LogP contribution in [0.25, 0.3) is 0 Å². The number of nitrogens with zero attached hydrogens (tertiary/aromatic N) is 3. The van der Waals surface area contributed by atoms with Crippen LogP contribution in [0.2, 0.25) is 5.02 Å².